The lowest BCUT2D eigenvalue weighted by Gasteiger charge is -2.11. The van der Waals surface area contributed by atoms with Crippen LogP contribution in [0.25, 0.3) is 0 Å². The molecular weight excluding hydrogens is 199 g/mol. The van der Waals surface area contributed by atoms with Crippen LogP contribution >= 0.6 is 0 Å². The van der Waals surface area contributed by atoms with Crippen LogP contribution in [0.15, 0.2) is 24.3 Å². The van der Waals surface area contributed by atoms with Crippen molar-refractivity contribution in [3.63, 3.8) is 0 Å². The number of rotatable bonds is 3. The zero-order chi connectivity index (χ0) is 11.3. The maximum Gasteiger partial charge on any atom is 0.273 e. The van der Waals surface area contributed by atoms with Gasteiger partial charge in [-0.05, 0) is 31.2 Å². The van der Waals surface area contributed by atoms with E-state index in [4.69, 9.17) is 10.00 Å². The lowest BCUT2D eigenvalue weighted by Crippen LogP contribution is -2.33. The van der Waals surface area contributed by atoms with Gasteiger partial charge in [0.25, 0.3) is 5.91 Å². The normalized spacial score (nSPS) is 11.3. The number of benzene rings is 1. The topological polar surface area (TPSA) is 62.1 Å². The Hall–Kier alpha value is -2.09. The Bertz CT molecular complexity index is 383. The minimum absolute atomic E-state index is 0.372. The molecule has 1 amide bonds. The highest BCUT2D eigenvalue weighted by molar-refractivity contribution is 5.81. The zero-order valence-corrected chi connectivity index (χ0v) is 8.03. The van der Waals surface area contributed by atoms with Crippen molar-refractivity contribution in [3.8, 4) is 11.9 Å². The van der Waals surface area contributed by atoms with Crippen molar-refractivity contribution >= 4 is 5.91 Å². The molecule has 1 aromatic rings. The molecule has 0 saturated carbocycles. The smallest absolute Gasteiger partial charge is 0.273 e. The van der Waals surface area contributed by atoms with Crippen LogP contribution in [0, 0.1) is 17.3 Å². The number of amides is 1. The first-order chi connectivity index (χ1) is 7.13. The molecule has 1 N–H and O–H groups in total. The average Bonchev–Trinajstić information content (AvgIpc) is 2.22. The molecule has 0 aliphatic heterocycles. The molecule has 15 heavy (non-hydrogen) atoms. The van der Waals surface area contributed by atoms with Crippen molar-refractivity contribution in [2.45, 2.75) is 13.0 Å². The molecule has 4 nitrogen and oxygen atoms in total. The minimum Gasteiger partial charge on any atom is -0.481 e. The van der Waals surface area contributed by atoms with E-state index in [2.05, 4.69) is 0 Å². The summed E-state index contributed by atoms with van der Waals surface area (Å²) in [4.78, 5) is 11.1. The molecule has 0 bridgehead atoms. The molecule has 1 atom stereocenters. The summed E-state index contributed by atoms with van der Waals surface area (Å²) in [6, 6.07) is 5.27. The fraction of sp³-hybridized carbons (Fsp3) is 0.200. The van der Waals surface area contributed by atoms with E-state index in [1.54, 1.807) is 0 Å². The van der Waals surface area contributed by atoms with Gasteiger partial charge in [-0.25, -0.2) is 4.39 Å². The first kappa shape index (κ1) is 11.0. The van der Waals surface area contributed by atoms with Crippen LogP contribution in [0.1, 0.15) is 6.92 Å². The standard InChI is InChI=1S/C10H9FN2O2/c1-7(10(14)13-6-12)15-9-4-2-8(11)3-5-9/h2-5,7H,1H3,(H,13,14). The lowest BCUT2D eigenvalue weighted by atomic mass is 10.3. The van der Waals surface area contributed by atoms with E-state index in [-0.39, 0.29) is 5.82 Å². The molecular formula is C10H9FN2O2. The van der Waals surface area contributed by atoms with Crippen molar-refractivity contribution in [2.24, 2.45) is 0 Å². The molecule has 0 aliphatic carbocycles. The number of hydrogen-bond donors (Lipinski definition) is 1. The predicted molar refractivity (Wildman–Crippen MR) is 50.2 cm³/mol. The first-order valence-corrected chi connectivity index (χ1v) is 4.24. The quantitative estimate of drug-likeness (QED) is 0.599. The van der Waals surface area contributed by atoms with Crippen LogP contribution in [0.3, 0.4) is 0 Å². The van der Waals surface area contributed by atoms with Crippen molar-refractivity contribution in [1.29, 1.82) is 5.26 Å². The third kappa shape index (κ3) is 3.27. The van der Waals surface area contributed by atoms with Gasteiger partial charge in [0.1, 0.15) is 11.6 Å². The van der Waals surface area contributed by atoms with Crippen LogP contribution < -0.4 is 10.1 Å². The van der Waals surface area contributed by atoms with Gasteiger partial charge in [0.15, 0.2) is 12.3 Å². The van der Waals surface area contributed by atoms with Gasteiger partial charge in [-0.15, -0.1) is 0 Å². The summed E-state index contributed by atoms with van der Waals surface area (Å²) >= 11 is 0. The number of carbonyl (C=O) groups is 1. The van der Waals surface area contributed by atoms with Gasteiger partial charge in [-0.2, -0.15) is 5.26 Å². The third-order valence-corrected chi connectivity index (χ3v) is 1.67. The SMILES string of the molecule is CC(Oc1ccc(F)cc1)C(=O)NC#N. The molecule has 1 unspecified atom stereocenters. The van der Waals surface area contributed by atoms with E-state index in [9.17, 15) is 9.18 Å². The third-order valence-electron chi connectivity index (χ3n) is 1.67. The Kier molecular flexibility index (Phi) is 3.63. The number of nitrogens with zero attached hydrogens (tertiary/aromatic N) is 1. The van der Waals surface area contributed by atoms with Crippen LogP contribution in [-0.4, -0.2) is 12.0 Å². The van der Waals surface area contributed by atoms with Crippen LogP contribution in [0.5, 0.6) is 5.75 Å². The summed E-state index contributed by atoms with van der Waals surface area (Å²) < 4.78 is 17.7. The Labute approximate surface area is 86.3 Å². The Balaban J connectivity index is 2.59. The van der Waals surface area contributed by atoms with E-state index in [0.29, 0.717) is 5.75 Å². The Morgan fingerprint density at radius 1 is 1.53 bits per heavy atom. The summed E-state index contributed by atoms with van der Waals surface area (Å²) in [5, 5.41) is 10.1. The van der Waals surface area contributed by atoms with Gasteiger partial charge in [0, 0.05) is 0 Å². The summed E-state index contributed by atoms with van der Waals surface area (Å²) in [5.74, 6) is -0.546. The molecule has 0 radical (unpaired) electrons. The highest BCUT2D eigenvalue weighted by Gasteiger charge is 2.13. The van der Waals surface area contributed by atoms with E-state index >= 15 is 0 Å². The fourth-order valence-electron chi connectivity index (χ4n) is 0.928. The highest BCUT2D eigenvalue weighted by atomic mass is 19.1. The second-order valence-corrected chi connectivity index (χ2v) is 2.82. The van der Waals surface area contributed by atoms with Crippen molar-refractivity contribution in [3.05, 3.63) is 30.1 Å². The number of ether oxygens (including phenoxy) is 1. The summed E-state index contributed by atoms with van der Waals surface area (Å²) in [6.45, 7) is 1.50. The first-order valence-electron chi connectivity index (χ1n) is 4.24. The maximum atomic E-state index is 12.5. The molecule has 5 heteroatoms. The molecule has 0 fully saturated rings. The van der Waals surface area contributed by atoms with E-state index in [1.807, 2.05) is 5.32 Å². The second-order valence-electron chi connectivity index (χ2n) is 2.82. The van der Waals surface area contributed by atoms with Crippen LogP contribution in [-0.2, 0) is 4.79 Å². The molecule has 0 saturated heterocycles. The number of halogens is 1. The average molecular weight is 208 g/mol. The van der Waals surface area contributed by atoms with Gasteiger partial charge >= 0.3 is 0 Å². The molecule has 1 rings (SSSR count). The number of nitriles is 1. The van der Waals surface area contributed by atoms with Gasteiger partial charge in [-0.3, -0.25) is 10.1 Å². The molecule has 0 aromatic heterocycles. The molecule has 0 heterocycles. The van der Waals surface area contributed by atoms with Gasteiger partial charge in [0.2, 0.25) is 0 Å². The maximum absolute atomic E-state index is 12.5. The second kappa shape index (κ2) is 4.96. The van der Waals surface area contributed by atoms with Crippen molar-refractivity contribution < 1.29 is 13.9 Å². The minimum atomic E-state index is -0.796. The largest absolute Gasteiger partial charge is 0.481 e. The molecule has 0 spiro atoms. The van der Waals surface area contributed by atoms with Gasteiger partial charge in [-0.1, -0.05) is 0 Å². The van der Waals surface area contributed by atoms with E-state index in [0.717, 1.165) is 0 Å². The van der Waals surface area contributed by atoms with E-state index in [1.165, 1.54) is 37.4 Å². The monoisotopic (exact) mass is 208 g/mol. The highest BCUT2D eigenvalue weighted by Crippen LogP contribution is 2.12. The molecule has 0 aliphatic rings. The predicted octanol–water partition coefficient (Wildman–Crippen LogP) is 1.19. The molecule has 78 valence electrons. The lowest BCUT2D eigenvalue weighted by molar-refractivity contribution is -0.126. The van der Waals surface area contributed by atoms with Gasteiger partial charge in [0.05, 0.1) is 0 Å². The Morgan fingerprint density at radius 3 is 2.67 bits per heavy atom. The van der Waals surface area contributed by atoms with Crippen LogP contribution in [0.4, 0.5) is 4.39 Å². The van der Waals surface area contributed by atoms with Crippen LogP contribution in [0.2, 0.25) is 0 Å². The number of carbonyl (C=O) groups excluding carboxylic acids is 1. The van der Waals surface area contributed by atoms with E-state index < -0.39 is 12.0 Å². The number of nitrogens with one attached hydrogen (secondary N) is 1. The zero-order valence-electron chi connectivity index (χ0n) is 8.03. The van der Waals surface area contributed by atoms with Gasteiger partial charge < -0.3 is 4.74 Å². The summed E-state index contributed by atoms with van der Waals surface area (Å²) in [6.07, 6.45) is 0.708. The summed E-state index contributed by atoms with van der Waals surface area (Å²) in [5.41, 5.74) is 0. The van der Waals surface area contributed by atoms with Crippen molar-refractivity contribution in [2.75, 3.05) is 0 Å². The molecule has 1 aromatic carbocycles. The van der Waals surface area contributed by atoms with Crippen molar-refractivity contribution in [1.82, 2.24) is 5.32 Å². The number of hydrogen-bond acceptors (Lipinski definition) is 3. The summed E-state index contributed by atoms with van der Waals surface area (Å²) in [7, 11) is 0. The Morgan fingerprint density at radius 2 is 2.13 bits per heavy atom. The fourth-order valence-corrected chi connectivity index (χ4v) is 0.928.